The highest BCUT2D eigenvalue weighted by Gasteiger charge is 2.16. The van der Waals surface area contributed by atoms with Crippen LogP contribution in [-0.4, -0.2) is 20.1 Å². The molecular weight excluding hydrogens is 216 g/mol. The van der Waals surface area contributed by atoms with Gasteiger partial charge < -0.3 is 5.11 Å². The lowest BCUT2D eigenvalue weighted by Crippen LogP contribution is -2.06. The SMILES string of the molecule is C=C(O)c1cc(F)cc(F)c1-n1nccn1. The quantitative estimate of drug-likeness (QED) is 0.793. The molecule has 0 saturated heterocycles. The van der Waals surface area contributed by atoms with Gasteiger partial charge in [-0.2, -0.15) is 10.2 Å². The largest absolute Gasteiger partial charge is 0.508 e. The van der Waals surface area contributed by atoms with Crippen molar-refractivity contribution in [3.8, 4) is 5.69 Å². The van der Waals surface area contributed by atoms with Gasteiger partial charge >= 0.3 is 0 Å². The first kappa shape index (κ1) is 10.3. The Balaban J connectivity index is 2.72. The van der Waals surface area contributed by atoms with Crippen LogP contribution in [0.1, 0.15) is 5.56 Å². The number of aromatic nitrogens is 3. The van der Waals surface area contributed by atoms with Crippen LogP contribution < -0.4 is 0 Å². The van der Waals surface area contributed by atoms with Gasteiger partial charge in [-0.05, 0) is 6.07 Å². The lowest BCUT2D eigenvalue weighted by atomic mass is 10.1. The molecule has 0 spiro atoms. The zero-order valence-electron chi connectivity index (χ0n) is 8.06. The minimum atomic E-state index is -0.874. The minimum Gasteiger partial charge on any atom is -0.508 e. The van der Waals surface area contributed by atoms with Crippen molar-refractivity contribution in [2.24, 2.45) is 0 Å². The molecule has 0 aliphatic heterocycles. The summed E-state index contributed by atoms with van der Waals surface area (Å²) >= 11 is 0. The molecule has 0 unspecified atom stereocenters. The van der Waals surface area contributed by atoms with Gasteiger partial charge in [-0.15, -0.1) is 4.80 Å². The Morgan fingerprint density at radius 3 is 2.44 bits per heavy atom. The van der Waals surface area contributed by atoms with E-state index in [-0.39, 0.29) is 11.3 Å². The highest BCUT2D eigenvalue weighted by Crippen LogP contribution is 2.23. The average Bonchev–Trinajstić information content (AvgIpc) is 2.69. The van der Waals surface area contributed by atoms with Crippen LogP contribution in [0.25, 0.3) is 11.4 Å². The molecule has 1 heterocycles. The van der Waals surface area contributed by atoms with E-state index in [9.17, 15) is 13.9 Å². The number of rotatable bonds is 2. The van der Waals surface area contributed by atoms with Crippen molar-refractivity contribution in [2.75, 3.05) is 0 Å². The normalized spacial score (nSPS) is 10.4. The Morgan fingerprint density at radius 2 is 1.88 bits per heavy atom. The van der Waals surface area contributed by atoms with Crippen molar-refractivity contribution in [1.82, 2.24) is 15.0 Å². The molecule has 0 saturated carbocycles. The van der Waals surface area contributed by atoms with Crippen molar-refractivity contribution in [3.63, 3.8) is 0 Å². The highest BCUT2D eigenvalue weighted by molar-refractivity contribution is 5.65. The minimum absolute atomic E-state index is 0.0892. The summed E-state index contributed by atoms with van der Waals surface area (Å²) in [5, 5.41) is 16.7. The molecule has 0 radical (unpaired) electrons. The van der Waals surface area contributed by atoms with Gasteiger partial charge in [0.05, 0.1) is 12.4 Å². The van der Waals surface area contributed by atoms with Gasteiger partial charge in [-0.25, -0.2) is 8.78 Å². The van der Waals surface area contributed by atoms with Crippen LogP contribution in [0.4, 0.5) is 8.78 Å². The fourth-order valence-electron chi connectivity index (χ4n) is 1.32. The molecule has 4 nitrogen and oxygen atoms in total. The Hall–Kier alpha value is -2.24. The zero-order chi connectivity index (χ0) is 11.7. The van der Waals surface area contributed by atoms with Gasteiger partial charge in [0.25, 0.3) is 0 Å². The topological polar surface area (TPSA) is 50.9 Å². The summed E-state index contributed by atoms with van der Waals surface area (Å²) in [4.78, 5) is 0.950. The number of aliphatic hydroxyl groups excluding tert-OH is 1. The van der Waals surface area contributed by atoms with Crippen LogP contribution in [0, 0.1) is 11.6 Å². The van der Waals surface area contributed by atoms with Crippen LogP contribution in [0.15, 0.2) is 31.1 Å². The zero-order valence-corrected chi connectivity index (χ0v) is 8.06. The number of nitrogens with zero attached hydrogens (tertiary/aromatic N) is 3. The van der Waals surface area contributed by atoms with Gasteiger partial charge in [0.15, 0.2) is 5.82 Å². The van der Waals surface area contributed by atoms with Crippen LogP contribution >= 0.6 is 0 Å². The molecule has 0 fully saturated rings. The number of hydrogen-bond donors (Lipinski definition) is 1. The summed E-state index contributed by atoms with van der Waals surface area (Å²) in [5.74, 6) is -2.13. The molecule has 2 aromatic rings. The molecule has 0 bridgehead atoms. The maximum Gasteiger partial charge on any atom is 0.154 e. The lowest BCUT2D eigenvalue weighted by Gasteiger charge is -2.08. The number of hydrogen-bond acceptors (Lipinski definition) is 3. The molecule has 0 aliphatic carbocycles. The second-order valence-electron chi connectivity index (χ2n) is 3.05. The molecule has 1 N–H and O–H groups in total. The van der Waals surface area contributed by atoms with E-state index in [0.29, 0.717) is 6.07 Å². The van der Waals surface area contributed by atoms with E-state index in [4.69, 9.17) is 0 Å². The Kier molecular flexibility index (Phi) is 2.40. The summed E-state index contributed by atoms with van der Waals surface area (Å²) in [6.45, 7) is 3.23. The summed E-state index contributed by atoms with van der Waals surface area (Å²) < 4.78 is 26.5. The summed E-state index contributed by atoms with van der Waals surface area (Å²) in [7, 11) is 0. The molecular formula is C10H7F2N3O. The van der Waals surface area contributed by atoms with Crippen molar-refractivity contribution in [3.05, 3.63) is 48.3 Å². The highest BCUT2D eigenvalue weighted by atomic mass is 19.1. The number of benzene rings is 1. The van der Waals surface area contributed by atoms with Gasteiger partial charge in [-0.1, -0.05) is 6.58 Å². The Labute approximate surface area is 89.4 Å². The maximum atomic E-state index is 13.5. The number of aliphatic hydroxyl groups is 1. The van der Waals surface area contributed by atoms with Crippen LogP contribution in [0.5, 0.6) is 0 Å². The van der Waals surface area contributed by atoms with Crippen molar-refractivity contribution < 1.29 is 13.9 Å². The van der Waals surface area contributed by atoms with E-state index in [1.54, 1.807) is 0 Å². The fraction of sp³-hybridized carbons (Fsp3) is 0. The average molecular weight is 223 g/mol. The Morgan fingerprint density at radius 1 is 1.25 bits per heavy atom. The summed E-state index contributed by atoms with van der Waals surface area (Å²) in [5.41, 5.74) is -0.229. The van der Waals surface area contributed by atoms with Crippen molar-refractivity contribution >= 4 is 5.76 Å². The standard InChI is InChI=1S/C10H7F2N3O/c1-6(16)8-4-7(11)5-9(12)10(8)15-13-2-3-14-15/h2-5,16H,1H2. The maximum absolute atomic E-state index is 13.5. The molecule has 6 heteroatoms. The third-order valence-electron chi connectivity index (χ3n) is 1.96. The Bertz CT molecular complexity index is 537. The molecule has 82 valence electrons. The monoisotopic (exact) mass is 223 g/mol. The first-order chi connectivity index (χ1) is 7.59. The first-order valence-electron chi connectivity index (χ1n) is 4.33. The van der Waals surface area contributed by atoms with Gasteiger partial charge in [-0.3, -0.25) is 0 Å². The molecule has 0 atom stereocenters. The summed E-state index contributed by atoms with van der Waals surface area (Å²) in [6.07, 6.45) is 2.68. The van der Waals surface area contributed by atoms with E-state index in [1.807, 2.05) is 0 Å². The fourth-order valence-corrected chi connectivity index (χ4v) is 1.32. The first-order valence-corrected chi connectivity index (χ1v) is 4.33. The van der Waals surface area contributed by atoms with E-state index in [0.717, 1.165) is 10.9 Å². The van der Waals surface area contributed by atoms with Crippen molar-refractivity contribution in [1.29, 1.82) is 0 Å². The predicted octanol–water partition coefficient (Wildman–Crippen LogP) is 2.07. The molecule has 2 rings (SSSR count). The second-order valence-corrected chi connectivity index (χ2v) is 3.05. The molecule has 0 amide bonds. The van der Waals surface area contributed by atoms with E-state index < -0.39 is 17.4 Å². The second kappa shape index (κ2) is 3.73. The third-order valence-corrected chi connectivity index (χ3v) is 1.96. The molecule has 1 aromatic heterocycles. The summed E-state index contributed by atoms with van der Waals surface area (Å²) in [6, 6.07) is 1.65. The van der Waals surface area contributed by atoms with Crippen molar-refractivity contribution in [2.45, 2.75) is 0 Å². The van der Waals surface area contributed by atoms with E-state index in [1.165, 1.54) is 12.4 Å². The van der Waals surface area contributed by atoms with Gasteiger partial charge in [0, 0.05) is 11.6 Å². The molecule has 16 heavy (non-hydrogen) atoms. The van der Waals surface area contributed by atoms with Gasteiger partial charge in [0.1, 0.15) is 17.3 Å². The smallest absolute Gasteiger partial charge is 0.154 e. The van der Waals surface area contributed by atoms with Crippen LogP contribution in [-0.2, 0) is 0 Å². The van der Waals surface area contributed by atoms with Crippen LogP contribution in [0.2, 0.25) is 0 Å². The third kappa shape index (κ3) is 1.65. The number of halogens is 2. The van der Waals surface area contributed by atoms with E-state index >= 15 is 0 Å². The lowest BCUT2D eigenvalue weighted by molar-refractivity contribution is 0.506. The van der Waals surface area contributed by atoms with Crippen LogP contribution in [0.3, 0.4) is 0 Å². The van der Waals surface area contributed by atoms with Gasteiger partial charge in [0.2, 0.25) is 0 Å². The van der Waals surface area contributed by atoms with E-state index in [2.05, 4.69) is 16.8 Å². The molecule has 0 aliphatic rings. The predicted molar refractivity (Wildman–Crippen MR) is 52.9 cm³/mol. The molecule has 1 aromatic carbocycles.